The molecule has 0 radical (unpaired) electrons. The van der Waals surface area contributed by atoms with Crippen LogP contribution in [0.4, 0.5) is 0 Å². The first-order valence-corrected chi connectivity index (χ1v) is 7.82. The smallest absolute Gasteiger partial charge is 0.303 e. The summed E-state index contributed by atoms with van der Waals surface area (Å²) in [6, 6.07) is 6.21. The van der Waals surface area contributed by atoms with Gasteiger partial charge in [-0.05, 0) is 51.0 Å². The van der Waals surface area contributed by atoms with E-state index in [1.807, 2.05) is 6.07 Å². The van der Waals surface area contributed by atoms with Crippen LogP contribution in [-0.2, 0) is 14.8 Å². The molecule has 114 valence electrons. The molecule has 0 amide bonds. The second-order valence-electron chi connectivity index (χ2n) is 5.47. The molecular weight excluding hydrogens is 292 g/mol. The molecule has 0 spiro atoms. The molecule has 6 nitrogen and oxygen atoms in total. The molecule has 0 fully saturated rings. The van der Waals surface area contributed by atoms with E-state index in [4.69, 9.17) is 10.4 Å². The number of nitriles is 1. The second-order valence-corrected chi connectivity index (χ2v) is 7.15. The van der Waals surface area contributed by atoms with E-state index in [1.54, 1.807) is 20.8 Å². The monoisotopic (exact) mass is 310 g/mol. The second kappa shape index (κ2) is 6.24. The Morgan fingerprint density at radius 1 is 1.43 bits per heavy atom. The third kappa shape index (κ3) is 4.85. The molecule has 21 heavy (non-hydrogen) atoms. The zero-order valence-corrected chi connectivity index (χ0v) is 13.0. The number of carboxylic acid groups (broad SMARTS) is 1. The molecule has 7 heteroatoms. The standard InChI is InChI=1S/C14H18N2O4S/c1-10-8-12(5-4-11(10)9-15)21(19,20)16-14(2,3)7-6-13(17)18/h4-5,8,16H,6-7H2,1-3H3,(H,17,18). The van der Waals surface area contributed by atoms with Gasteiger partial charge in [0.25, 0.3) is 0 Å². The van der Waals surface area contributed by atoms with Crippen LogP contribution in [0.25, 0.3) is 0 Å². The fraction of sp³-hybridized carbons (Fsp3) is 0.429. The van der Waals surface area contributed by atoms with Crippen molar-refractivity contribution in [1.29, 1.82) is 5.26 Å². The lowest BCUT2D eigenvalue weighted by Gasteiger charge is -2.25. The van der Waals surface area contributed by atoms with Crippen molar-refractivity contribution >= 4 is 16.0 Å². The van der Waals surface area contributed by atoms with Crippen LogP contribution in [0, 0.1) is 18.3 Å². The highest BCUT2D eigenvalue weighted by Gasteiger charge is 2.27. The highest BCUT2D eigenvalue weighted by molar-refractivity contribution is 7.89. The van der Waals surface area contributed by atoms with Gasteiger partial charge in [-0.1, -0.05) is 0 Å². The number of sulfonamides is 1. The van der Waals surface area contributed by atoms with Gasteiger partial charge < -0.3 is 5.11 Å². The molecule has 0 aliphatic heterocycles. The number of aliphatic carboxylic acids is 1. The number of benzene rings is 1. The molecule has 0 aromatic heterocycles. The fourth-order valence-corrected chi connectivity index (χ4v) is 3.35. The van der Waals surface area contributed by atoms with Gasteiger partial charge in [0.1, 0.15) is 0 Å². The lowest BCUT2D eigenvalue weighted by atomic mass is 10.0. The zero-order chi connectivity index (χ0) is 16.3. The summed E-state index contributed by atoms with van der Waals surface area (Å²) in [5, 5.41) is 17.5. The van der Waals surface area contributed by atoms with Gasteiger partial charge in [0.05, 0.1) is 16.5 Å². The summed E-state index contributed by atoms with van der Waals surface area (Å²) in [4.78, 5) is 10.6. The Balaban J connectivity index is 2.99. The predicted octanol–water partition coefficient (Wildman–Crippen LogP) is 1.79. The summed E-state index contributed by atoms with van der Waals surface area (Å²) in [5.41, 5.74) is 0.113. The van der Waals surface area contributed by atoms with E-state index in [0.29, 0.717) is 11.1 Å². The molecule has 1 aromatic carbocycles. The molecule has 1 aromatic rings. The number of rotatable bonds is 6. The van der Waals surface area contributed by atoms with Crippen molar-refractivity contribution in [3.63, 3.8) is 0 Å². The largest absolute Gasteiger partial charge is 0.481 e. The van der Waals surface area contributed by atoms with Crippen LogP contribution in [0.2, 0.25) is 0 Å². The number of hydrogen-bond donors (Lipinski definition) is 2. The molecular formula is C14H18N2O4S. The van der Waals surface area contributed by atoms with E-state index >= 15 is 0 Å². The van der Waals surface area contributed by atoms with Crippen molar-refractivity contribution in [3.05, 3.63) is 29.3 Å². The van der Waals surface area contributed by atoms with Crippen molar-refractivity contribution < 1.29 is 18.3 Å². The Morgan fingerprint density at radius 3 is 2.52 bits per heavy atom. The SMILES string of the molecule is Cc1cc(S(=O)(=O)NC(C)(C)CCC(=O)O)ccc1C#N. The third-order valence-corrected chi connectivity index (χ3v) is 4.70. The summed E-state index contributed by atoms with van der Waals surface area (Å²) in [7, 11) is -3.77. The van der Waals surface area contributed by atoms with Crippen LogP contribution in [0.15, 0.2) is 23.1 Å². The summed E-state index contributed by atoms with van der Waals surface area (Å²) in [5.74, 6) is -0.975. The summed E-state index contributed by atoms with van der Waals surface area (Å²) >= 11 is 0. The van der Waals surface area contributed by atoms with Crippen molar-refractivity contribution in [2.75, 3.05) is 0 Å². The zero-order valence-electron chi connectivity index (χ0n) is 12.2. The molecule has 0 aliphatic carbocycles. The minimum atomic E-state index is -3.77. The van der Waals surface area contributed by atoms with Gasteiger partial charge >= 0.3 is 5.97 Å². The molecule has 0 saturated carbocycles. The van der Waals surface area contributed by atoms with Gasteiger partial charge in [-0.25, -0.2) is 13.1 Å². The average molecular weight is 310 g/mol. The maximum absolute atomic E-state index is 12.3. The molecule has 1 rings (SSSR count). The van der Waals surface area contributed by atoms with E-state index in [0.717, 1.165) is 0 Å². The minimum absolute atomic E-state index is 0.0578. The average Bonchev–Trinajstić information content (AvgIpc) is 2.35. The van der Waals surface area contributed by atoms with Crippen molar-refractivity contribution in [3.8, 4) is 6.07 Å². The first-order valence-electron chi connectivity index (χ1n) is 6.34. The van der Waals surface area contributed by atoms with Gasteiger partial charge in [0.15, 0.2) is 0 Å². The number of hydrogen-bond acceptors (Lipinski definition) is 4. The van der Waals surface area contributed by atoms with Crippen LogP contribution in [0.5, 0.6) is 0 Å². The Bertz CT molecular complexity index is 687. The third-order valence-electron chi connectivity index (χ3n) is 3.00. The van der Waals surface area contributed by atoms with Gasteiger partial charge in [0.2, 0.25) is 10.0 Å². The van der Waals surface area contributed by atoms with E-state index in [1.165, 1.54) is 18.2 Å². The van der Waals surface area contributed by atoms with Gasteiger partial charge in [-0.15, -0.1) is 0 Å². The number of carbonyl (C=O) groups is 1. The van der Waals surface area contributed by atoms with E-state index in [2.05, 4.69) is 4.72 Å². The molecule has 0 unspecified atom stereocenters. The van der Waals surface area contributed by atoms with E-state index in [9.17, 15) is 13.2 Å². The molecule has 2 N–H and O–H groups in total. The van der Waals surface area contributed by atoms with Crippen molar-refractivity contribution in [2.24, 2.45) is 0 Å². The minimum Gasteiger partial charge on any atom is -0.481 e. The topological polar surface area (TPSA) is 107 Å². The van der Waals surface area contributed by atoms with Gasteiger partial charge in [-0.2, -0.15) is 5.26 Å². The Labute approximate surface area is 124 Å². The van der Waals surface area contributed by atoms with Crippen LogP contribution >= 0.6 is 0 Å². The number of nitrogens with one attached hydrogen (secondary N) is 1. The number of aryl methyl sites for hydroxylation is 1. The highest BCUT2D eigenvalue weighted by Crippen LogP contribution is 2.19. The van der Waals surface area contributed by atoms with Crippen molar-refractivity contribution in [2.45, 2.75) is 44.0 Å². The quantitative estimate of drug-likeness (QED) is 0.833. The van der Waals surface area contributed by atoms with Crippen molar-refractivity contribution in [1.82, 2.24) is 4.72 Å². The molecule has 0 aliphatic rings. The predicted molar refractivity (Wildman–Crippen MR) is 77.2 cm³/mol. The summed E-state index contributed by atoms with van der Waals surface area (Å²) in [6.07, 6.45) is 0.0543. The Kier molecular flexibility index (Phi) is 5.10. The fourth-order valence-electron chi connectivity index (χ4n) is 1.82. The normalized spacial score (nSPS) is 11.9. The first-order chi connectivity index (χ1) is 9.57. The molecule has 0 heterocycles. The van der Waals surface area contributed by atoms with E-state index in [-0.39, 0.29) is 17.7 Å². The van der Waals surface area contributed by atoms with E-state index < -0.39 is 21.5 Å². The first kappa shape index (κ1) is 17.1. The van der Waals surface area contributed by atoms with Gasteiger partial charge in [-0.3, -0.25) is 4.79 Å². The summed E-state index contributed by atoms with van der Waals surface area (Å²) < 4.78 is 27.1. The maximum atomic E-state index is 12.3. The van der Waals surface area contributed by atoms with Crippen LogP contribution in [-0.4, -0.2) is 25.0 Å². The number of nitrogens with zero attached hydrogens (tertiary/aromatic N) is 1. The number of carboxylic acids is 1. The van der Waals surface area contributed by atoms with Crippen LogP contribution in [0.3, 0.4) is 0 Å². The van der Waals surface area contributed by atoms with Crippen LogP contribution in [0.1, 0.15) is 37.8 Å². The lowest BCUT2D eigenvalue weighted by molar-refractivity contribution is -0.137. The van der Waals surface area contributed by atoms with Gasteiger partial charge in [0, 0.05) is 12.0 Å². The Hall–Kier alpha value is -1.91. The molecule has 0 saturated heterocycles. The highest BCUT2D eigenvalue weighted by atomic mass is 32.2. The Morgan fingerprint density at radius 2 is 2.05 bits per heavy atom. The maximum Gasteiger partial charge on any atom is 0.303 e. The molecule has 0 bridgehead atoms. The lowest BCUT2D eigenvalue weighted by Crippen LogP contribution is -2.43. The summed E-state index contributed by atoms with van der Waals surface area (Å²) in [6.45, 7) is 4.92. The molecule has 0 atom stereocenters. The van der Waals surface area contributed by atoms with Crippen LogP contribution < -0.4 is 4.72 Å².